The number of hydrogen-bond donors (Lipinski definition) is 3. The monoisotopic (exact) mass is 299 g/mol. The summed E-state index contributed by atoms with van der Waals surface area (Å²) < 4.78 is 24.5. The SMILES string of the molecule is CC(CCCN)C(=O)Nc1ccc(NS(C)(=O)=O)cc1. The number of carbonyl (C=O) groups is 1. The second-order valence-electron chi connectivity index (χ2n) is 4.77. The molecule has 1 unspecified atom stereocenters. The molecule has 1 rings (SSSR count). The van der Waals surface area contributed by atoms with Gasteiger partial charge in [0.05, 0.1) is 6.26 Å². The van der Waals surface area contributed by atoms with E-state index in [1.165, 1.54) is 0 Å². The van der Waals surface area contributed by atoms with E-state index in [9.17, 15) is 13.2 Å². The van der Waals surface area contributed by atoms with E-state index in [0.29, 0.717) is 17.9 Å². The van der Waals surface area contributed by atoms with E-state index in [0.717, 1.165) is 19.1 Å². The average molecular weight is 299 g/mol. The van der Waals surface area contributed by atoms with Crippen molar-refractivity contribution in [2.75, 3.05) is 22.8 Å². The number of nitrogens with two attached hydrogens (primary N) is 1. The lowest BCUT2D eigenvalue weighted by atomic mass is 10.0. The van der Waals surface area contributed by atoms with Crippen LogP contribution in [0.25, 0.3) is 0 Å². The van der Waals surface area contributed by atoms with Crippen molar-refractivity contribution >= 4 is 27.3 Å². The Morgan fingerprint density at radius 1 is 1.25 bits per heavy atom. The molecule has 20 heavy (non-hydrogen) atoms. The Labute approximate surface area is 119 Å². The van der Waals surface area contributed by atoms with Gasteiger partial charge < -0.3 is 11.1 Å². The van der Waals surface area contributed by atoms with Crippen molar-refractivity contribution in [2.24, 2.45) is 11.7 Å². The number of anilines is 2. The quantitative estimate of drug-likeness (QED) is 0.707. The number of nitrogens with one attached hydrogen (secondary N) is 2. The smallest absolute Gasteiger partial charge is 0.229 e. The number of amides is 1. The van der Waals surface area contributed by atoms with Gasteiger partial charge in [-0.2, -0.15) is 0 Å². The van der Waals surface area contributed by atoms with Gasteiger partial charge in [0.1, 0.15) is 0 Å². The molecule has 0 saturated carbocycles. The van der Waals surface area contributed by atoms with E-state index in [1.807, 2.05) is 6.92 Å². The molecular weight excluding hydrogens is 278 g/mol. The minimum Gasteiger partial charge on any atom is -0.330 e. The van der Waals surface area contributed by atoms with Crippen molar-refractivity contribution in [3.05, 3.63) is 24.3 Å². The van der Waals surface area contributed by atoms with Gasteiger partial charge in [0.15, 0.2) is 0 Å². The molecule has 0 aliphatic carbocycles. The molecule has 0 aromatic heterocycles. The van der Waals surface area contributed by atoms with Gasteiger partial charge in [-0.15, -0.1) is 0 Å². The Kier molecular flexibility index (Phi) is 5.97. The van der Waals surface area contributed by atoms with Crippen LogP contribution in [0.15, 0.2) is 24.3 Å². The fourth-order valence-corrected chi connectivity index (χ4v) is 2.22. The van der Waals surface area contributed by atoms with Crippen LogP contribution in [0.3, 0.4) is 0 Å². The lowest BCUT2D eigenvalue weighted by Crippen LogP contribution is -2.21. The van der Waals surface area contributed by atoms with Crippen LogP contribution >= 0.6 is 0 Å². The van der Waals surface area contributed by atoms with Gasteiger partial charge in [0.25, 0.3) is 0 Å². The molecule has 112 valence electrons. The molecule has 0 aliphatic heterocycles. The molecule has 7 heteroatoms. The van der Waals surface area contributed by atoms with E-state index in [1.54, 1.807) is 24.3 Å². The molecule has 1 aromatic carbocycles. The maximum atomic E-state index is 11.9. The number of hydrogen-bond acceptors (Lipinski definition) is 4. The van der Waals surface area contributed by atoms with Crippen LogP contribution in [0, 0.1) is 5.92 Å². The second kappa shape index (κ2) is 7.25. The second-order valence-corrected chi connectivity index (χ2v) is 6.52. The van der Waals surface area contributed by atoms with Crippen LogP contribution in [-0.2, 0) is 14.8 Å². The minimum absolute atomic E-state index is 0.0673. The van der Waals surface area contributed by atoms with Gasteiger partial charge in [0, 0.05) is 17.3 Å². The summed E-state index contributed by atoms with van der Waals surface area (Å²) in [7, 11) is -3.29. The highest BCUT2D eigenvalue weighted by Gasteiger charge is 2.12. The van der Waals surface area contributed by atoms with Crippen LogP contribution in [0.5, 0.6) is 0 Å². The predicted octanol–water partition coefficient (Wildman–Crippen LogP) is 1.37. The fourth-order valence-electron chi connectivity index (χ4n) is 1.66. The van der Waals surface area contributed by atoms with Crippen LogP contribution < -0.4 is 15.8 Å². The van der Waals surface area contributed by atoms with Crippen LogP contribution in [0.2, 0.25) is 0 Å². The first-order valence-corrected chi connectivity index (χ1v) is 8.30. The van der Waals surface area contributed by atoms with Gasteiger partial charge in [-0.3, -0.25) is 9.52 Å². The van der Waals surface area contributed by atoms with Gasteiger partial charge in [-0.25, -0.2) is 8.42 Å². The first-order valence-electron chi connectivity index (χ1n) is 6.40. The lowest BCUT2D eigenvalue weighted by molar-refractivity contribution is -0.119. The van der Waals surface area contributed by atoms with Gasteiger partial charge >= 0.3 is 0 Å². The van der Waals surface area contributed by atoms with E-state index < -0.39 is 10.0 Å². The summed E-state index contributed by atoms with van der Waals surface area (Å²) >= 11 is 0. The third-order valence-corrected chi connectivity index (χ3v) is 3.35. The first-order chi connectivity index (χ1) is 9.31. The first kappa shape index (κ1) is 16.5. The fraction of sp³-hybridized carbons (Fsp3) is 0.462. The molecular formula is C13H21N3O3S. The molecule has 1 aromatic rings. The Balaban J connectivity index is 2.59. The summed E-state index contributed by atoms with van der Waals surface area (Å²) in [5.74, 6) is -0.172. The Bertz CT molecular complexity index is 540. The van der Waals surface area contributed by atoms with E-state index >= 15 is 0 Å². The standard InChI is InChI=1S/C13H21N3O3S/c1-10(4-3-9-14)13(17)15-11-5-7-12(8-6-11)16-20(2,18)19/h5-8,10,16H,3-4,9,14H2,1-2H3,(H,15,17). The Morgan fingerprint density at radius 3 is 2.30 bits per heavy atom. The van der Waals surface area contributed by atoms with Crippen LogP contribution in [0.1, 0.15) is 19.8 Å². The number of rotatable bonds is 7. The highest BCUT2D eigenvalue weighted by atomic mass is 32.2. The summed E-state index contributed by atoms with van der Waals surface area (Å²) in [5, 5.41) is 2.78. The maximum absolute atomic E-state index is 11.9. The Morgan fingerprint density at radius 2 is 1.80 bits per heavy atom. The number of carbonyl (C=O) groups excluding carboxylic acids is 1. The molecule has 0 bridgehead atoms. The average Bonchev–Trinajstić information content (AvgIpc) is 2.36. The zero-order valence-corrected chi connectivity index (χ0v) is 12.5. The molecule has 4 N–H and O–H groups in total. The number of benzene rings is 1. The summed E-state index contributed by atoms with van der Waals surface area (Å²) in [6.45, 7) is 2.42. The van der Waals surface area contributed by atoms with Crippen molar-refractivity contribution in [3.8, 4) is 0 Å². The van der Waals surface area contributed by atoms with E-state index in [-0.39, 0.29) is 11.8 Å². The normalized spacial score (nSPS) is 12.8. The molecule has 0 fully saturated rings. The highest BCUT2D eigenvalue weighted by Crippen LogP contribution is 2.16. The van der Waals surface area contributed by atoms with Crippen molar-refractivity contribution in [2.45, 2.75) is 19.8 Å². The van der Waals surface area contributed by atoms with E-state index in [4.69, 9.17) is 5.73 Å². The molecule has 1 atom stereocenters. The molecule has 0 radical (unpaired) electrons. The Hall–Kier alpha value is -1.60. The van der Waals surface area contributed by atoms with Crippen molar-refractivity contribution in [1.82, 2.24) is 0 Å². The summed E-state index contributed by atoms with van der Waals surface area (Å²) in [6.07, 6.45) is 2.64. The zero-order chi connectivity index (χ0) is 15.2. The topological polar surface area (TPSA) is 101 Å². The van der Waals surface area contributed by atoms with Gasteiger partial charge in [0.2, 0.25) is 15.9 Å². The molecule has 0 heterocycles. The highest BCUT2D eigenvalue weighted by molar-refractivity contribution is 7.92. The third-order valence-electron chi connectivity index (χ3n) is 2.74. The van der Waals surface area contributed by atoms with Gasteiger partial charge in [-0.1, -0.05) is 6.92 Å². The van der Waals surface area contributed by atoms with Crippen molar-refractivity contribution in [3.63, 3.8) is 0 Å². The molecule has 0 spiro atoms. The largest absolute Gasteiger partial charge is 0.330 e. The van der Waals surface area contributed by atoms with Crippen LogP contribution in [-0.4, -0.2) is 27.1 Å². The van der Waals surface area contributed by atoms with E-state index in [2.05, 4.69) is 10.0 Å². The summed E-state index contributed by atoms with van der Waals surface area (Å²) in [5.41, 5.74) is 6.50. The number of sulfonamides is 1. The lowest BCUT2D eigenvalue weighted by Gasteiger charge is -2.12. The maximum Gasteiger partial charge on any atom is 0.229 e. The van der Waals surface area contributed by atoms with Crippen LogP contribution in [0.4, 0.5) is 11.4 Å². The molecule has 1 amide bonds. The molecule has 0 aliphatic rings. The summed E-state index contributed by atoms with van der Waals surface area (Å²) in [4.78, 5) is 11.9. The van der Waals surface area contributed by atoms with Gasteiger partial charge in [-0.05, 0) is 43.7 Å². The van der Waals surface area contributed by atoms with Crippen molar-refractivity contribution in [1.29, 1.82) is 0 Å². The predicted molar refractivity (Wildman–Crippen MR) is 81.0 cm³/mol. The third kappa shape index (κ3) is 6.03. The summed E-state index contributed by atoms with van der Waals surface area (Å²) in [6, 6.07) is 6.50. The molecule has 6 nitrogen and oxygen atoms in total. The minimum atomic E-state index is -3.29. The molecule has 0 saturated heterocycles. The van der Waals surface area contributed by atoms with Crippen molar-refractivity contribution < 1.29 is 13.2 Å². The zero-order valence-electron chi connectivity index (χ0n) is 11.7.